The molecule has 0 spiro atoms. The fourth-order valence-corrected chi connectivity index (χ4v) is 2.86. The third-order valence-corrected chi connectivity index (χ3v) is 4.41. The summed E-state index contributed by atoms with van der Waals surface area (Å²) in [6.07, 6.45) is 10.2. The van der Waals surface area contributed by atoms with Gasteiger partial charge >= 0.3 is 0 Å². The van der Waals surface area contributed by atoms with Crippen LogP contribution in [0.25, 0.3) is 0 Å². The van der Waals surface area contributed by atoms with Crippen LogP contribution in [0.5, 0.6) is 0 Å². The molecule has 0 N–H and O–H groups in total. The molecule has 1 aromatic heterocycles. The molecule has 3 nitrogen and oxygen atoms in total. The highest BCUT2D eigenvalue weighted by molar-refractivity contribution is 6.16. The summed E-state index contributed by atoms with van der Waals surface area (Å²) in [5.74, 6) is 2.32. The Hall–Kier alpha value is -0.830. The Morgan fingerprint density at radius 2 is 1.94 bits per heavy atom. The first-order valence-electron chi connectivity index (χ1n) is 6.84. The fraction of sp³-hybridized carbons (Fsp3) is 0.714. The Kier molecular flexibility index (Phi) is 4.81. The Balaban J connectivity index is 1.96. The van der Waals surface area contributed by atoms with Crippen LogP contribution in [-0.2, 0) is 5.88 Å². The number of rotatable bonds is 4. The normalized spacial score (nSPS) is 23.9. The van der Waals surface area contributed by atoms with Crippen LogP contribution >= 0.6 is 11.6 Å². The van der Waals surface area contributed by atoms with Gasteiger partial charge in [-0.25, -0.2) is 4.98 Å². The van der Waals surface area contributed by atoms with Crippen molar-refractivity contribution in [1.82, 2.24) is 9.97 Å². The van der Waals surface area contributed by atoms with Gasteiger partial charge in [0.2, 0.25) is 0 Å². The number of aromatic nitrogens is 2. The Morgan fingerprint density at radius 1 is 1.22 bits per heavy atom. The first kappa shape index (κ1) is 13.6. The van der Waals surface area contributed by atoms with Gasteiger partial charge in [-0.2, -0.15) is 0 Å². The van der Waals surface area contributed by atoms with Crippen molar-refractivity contribution in [1.29, 1.82) is 0 Å². The smallest absolute Gasteiger partial charge is 0.147 e. The minimum absolute atomic E-state index is 0.429. The average Bonchev–Trinajstić information content (AvgIpc) is 2.47. The Morgan fingerprint density at radius 3 is 2.44 bits per heavy atom. The van der Waals surface area contributed by atoms with Crippen molar-refractivity contribution < 1.29 is 0 Å². The molecule has 100 valence electrons. The number of halogens is 1. The number of nitrogens with zero attached hydrogens (tertiary/aromatic N) is 3. The molecule has 0 atom stereocenters. The van der Waals surface area contributed by atoms with Gasteiger partial charge in [0, 0.05) is 13.1 Å². The summed E-state index contributed by atoms with van der Waals surface area (Å²) in [7, 11) is 2.13. The molecule has 0 aromatic carbocycles. The van der Waals surface area contributed by atoms with E-state index < -0.39 is 0 Å². The molecule has 1 saturated carbocycles. The standard InChI is InChI=1S/C14H22ClN3/c1-3-11-4-6-13(7-5-11)18(2)14-10-16-12(8-15)9-17-14/h9-11,13H,3-8H2,1-2H3. The summed E-state index contributed by atoms with van der Waals surface area (Å²) in [4.78, 5) is 11.0. The van der Waals surface area contributed by atoms with Crippen LogP contribution in [0, 0.1) is 5.92 Å². The first-order valence-corrected chi connectivity index (χ1v) is 7.37. The van der Waals surface area contributed by atoms with E-state index >= 15 is 0 Å². The van der Waals surface area contributed by atoms with Crippen LogP contribution in [0.3, 0.4) is 0 Å². The molecule has 1 aliphatic rings. The quantitative estimate of drug-likeness (QED) is 0.781. The summed E-state index contributed by atoms with van der Waals surface area (Å²) < 4.78 is 0. The van der Waals surface area contributed by atoms with Crippen molar-refractivity contribution in [2.45, 2.75) is 50.9 Å². The van der Waals surface area contributed by atoms with Crippen molar-refractivity contribution in [2.75, 3.05) is 11.9 Å². The van der Waals surface area contributed by atoms with E-state index in [0.717, 1.165) is 17.4 Å². The zero-order valence-corrected chi connectivity index (χ0v) is 12.0. The van der Waals surface area contributed by atoms with Crippen LogP contribution in [0.1, 0.15) is 44.7 Å². The van der Waals surface area contributed by atoms with Gasteiger partial charge < -0.3 is 4.90 Å². The molecule has 1 heterocycles. The van der Waals surface area contributed by atoms with Crippen molar-refractivity contribution in [3.63, 3.8) is 0 Å². The van der Waals surface area contributed by atoms with E-state index in [9.17, 15) is 0 Å². The average molecular weight is 268 g/mol. The second-order valence-corrected chi connectivity index (χ2v) is 5.46. The molecule has 0 unspecified atom stereocenters. The second-order valence-electron chi connectivity index (χ2n) is 5.19. The fourth-order valence-electron chi connectivity index (χ4n) is 2.73. The van der Waals surface area contributed by atoms with E-state index in [0.29, 0.717) is 11.9 Å². The van der Waals surface area contributed by atoms with E-state index in [4.69, 9.17) is 11.6 Å². The molecular weight excluding hydrogens is 246 g/mol. The van der Waals surface area contributed by atoms with Crippen LogP contribution in [0.2, 0.25) is 0 Å². The van der Waals surface area contributed by atoms with Crippen LogP contribution < -0.4 is 4.90 Å². The van der Waals surface area contributed by atoms with Crippen molar-refractivity contribution in [2.24, 2.45) is 5.92 Å². The van der Waals surface area contributed by atoms with Crippen molar-refractivity contribution >= 4 is 17.4 Å². The van der Waals surface area contributed by atoms with E-state index in [1.165, 1.54) is 32.1 Å². The molecule has 1 fully saturated rings. The van der Waals surface area contributed by atoms with Crippen molar-refractivity contribution in [3.05, 3.63) is 18.1 Å². The lowest BCUT2D eigenvalue weighted by Crippen LogP contribution is -2.35. The largest absolute Gasteiger partial charge is 0.355 e. The number of anilines is 1. The highest BCUT2D eigenvalue weighted by Gasteiger charge is 2.23. The maximum Gasteiger partial charge on any atom is 0.147 e. The van der Waals surface area contributed by atoms with Gasteiger partial charge in [-0.1, -0.05) is 13.3 Å². The predicted octanol–water partition coefficient (Wildman–Crippen LogP) is 3.62. The lowest BCUT2D eigenvalue weighted by molar-refractivity contribution is 0.313. The van der Waals surface area contributed by atoms with E-state index in [1.54, 1.807) is 6.20 Å². The topological polar surface area (TPSA) is 29.0 Å². The molecule has 1 aromatic rings. The number of hydrogen-bond acceptors (Lipinski definition) is 3. The van der Waals surface area contributed by atoms with E-state index in [-0.39, 0.29) is 0 Å². The van der Waals surface area contributed by atoms with Crippen LogP contribution in [-0.4, -0.2) is 23.1 Å². The molecule has 0 saturated heterocycles. The molecule has 0 bridgehead atoms. The maximum absolute atomic E-state index is 5.72. The van der Waals surface area contributed by atoms with Gasteiger partial charge in [0.25, 0.3) is 0 Å². The monoisotopic (exact) mass is 267 g/mol. The molecule has 0 aliphatic heterocycles. The third-order valence-electron chi connectivity index (χ3n) is 4.13. The van der Waals surface area contributed by atoms with Gasteiger partial charge in [-0.3, -0.25) is 4.98 Å². The minimum Gasteiger partial charge on any atom is -0.355 e. The van der Waals surface area contributed by atoms with Gasteiger partial charge in [-0.15, -0.1) is 11.6 Å². The highest BCUT2D eigenvalue weighted by Crippen LogP contribution is 2.30. The third kappa shape index (κ3) is 3.14. The molecule has 0 amide bonds. The molecule has 1 aliphatic carbocycles. The van der Waals surface area contributed by atoms with E-state index in [2.05, 4.69) is 28.8 Å². The number of hydrogen-bond donors (Lipinski definition) is 0. The predicted molar refractivity (Wildman–Crippen MR) is 76.0 cm³/mol. The summed E-state index contributed by atoms with van der Waals surface area (Å²) in [5.41, 5.74) is 0.837. The lowest BCUT2D eigenvalue weighted by atomic mass is 9.84. The lowest BCUT2D eigenvalue weighted by Gasteiger charge is -2.34. The zero-order valence-electron chi connectivity index (χ0n) is 11.3. The highest BCUT2D eigenvalue weighted by atomic mass is 35.5. The zero-order chi connectivity index (χ0) is 13.0. The van der Waals surface area contributed by atoms with Crippen molar-refractivity contribution in [3.8, 4) is 0 Å². The summed E-state index contributed by atoms with van der Waals surface area (Å²) in [6.45, 7) is 2.30. The summed E-state index contributed by atoms with van der Waals surface area (Å²) in [6, 6.07) is 0.615. The molecular formula is C14H22ClN3. The van der Waals surface area contributed by atoms with Crippen LogP contribution in [0.4, 0.5) is 5.82 Å². The SMILES string of the molecule is CCC1CCC(N(C)c2cnc(CCl)cn2)CC1. The van der Waals surface area contributed by atoms with Gasteiger partial charge in [0.1, 0.15) is 5.82 Å². The maximum atomic E-state index is 5.72. The summed E-state index contributed by atoms with van der Waals surface area (Å²) >= 11 is 5.72. The van der Waals surface area contributed by atoms with Gasteiger partial charge in [0.05, 0.1) is 24.0 Å². The molecule has 0 radical (unpaired) electrons. The molecule has 2 rings (SSSR count). The summed E-state index contributed by atoms with van der Waals surface area (Å²) in [5, 5.41) is 0. The molecule has 4 heteroatoms. The van der Waals surface area contributed by atoms with Crippen LogP contribution in [0.15, 0.2) is 12.4 Å². The Bertz CT molecular complexity index is 358. The minimum atomic E-state index is 0.429. The first-order chi connectivity index (χ1) is 8.74. The van der Waals surface area contributed by atoms with Gasteiger partial charge in [-0.05, 0) is 31.6 Å². The Labute approximate surface area is 115 Å². The van der Waals surface area contributed by atoms with E-state index in [1.807, 2.05) is 6.20 Å². The van der Waals surface area contributed by atoms with Gasteiger partial charge in [0.15, 0.2) is 0 Å². The second kappa shape index (κ2) is 6.37. The number of alkyl halides is 1. The molecule has 18 heavy (non-hydrogen) atoms.